The predicted molar refractivity (Wildman–Crippen MR) is 109 cm³/mol. The van der Waals surface area contributed by atoms with Crippen LogP contribution in [0.4, 0.5) is 0 Å². The van der Waals surface area contributed by atoms with E-state index in [1.54, 1.807) is 0 Å². The highest BCUT2D eigenvalue weighted by Gasteiger charge is 2.60. The van der Waals surface area contributed by atoms with E-state index in [9.17, 15) is 9.59 Å². The molecule has 4 nitrogen and oxygen atoms in total. The molecule has 5 atom stereocenters. The summed E-state index contributed by atoms with van der Waals surface area (Å²) in [6, 6.07) is 6.04. The normalized spacial score (nSPS) is 34.1. The van der Waals surface area contributed by atoms with E-state index in [0.717, 1.165) is 31.2 Å². The largest absolute Gasteiger partial charge is 0.455 e. The van der Waals surface area contributed by atoms with Gasteiger partial charge in [0.25, 0.3) is 5.91 Å². The van der Waals surface area contributed by atoms with Crippen LogP contribution in [0.1, 0.15) is 68.2 Å². The maximum Gasteiger partial charge on any atom is 0.312 e. The van der Waals surface area contributed by atoms with Gasteiger partial charge in [0.05, 0.1) is 11.5 Å². The second-order valence-corrected chi connectivity index (χ2v) is 10.4. The van der Waals surface area contributed by atoms with Crippen LogP contribution in [-0.4, -0.2) is 23.4 Å². The second kappa shape index (κ2) is 7.05. The molecule has 0 aliphatic heterocycles. The monoisotopic (exact) mass is 403 g/mol. The fourth-order valence-corrected chi connectivity index (χ4v) is 6.77. The SMILES string of the molecule is Cc1ccc([C@H](C)NC(=O)COC(=O)C23C[C@@H]4C[C@@H](CC(Cl)(C4)C2)C3)cc1C. The summed E-state index contributed by atoms with van der Waals surface area (Å²) >= 11 is 6.80. The van der Waals surface area contributed by atoms with Crippen LogP contribution in [0.5, 0.6) is 0 Å². The number of benzene rings is 1. The number of halogens is 1. The van der Waals surface area contributed by atoms with Gasteiger partial charge < -0.3 is 10.1 Å². The Morgan fingerprint density at radius 3 is 2.46 bits per heavy atom. The number of amides is 1. The summed E-state index contributed by atoms with van der Waals surface area (Å²) in [6.07, 6.45) is 5.68. The highest BCUT2D eigenvalue weighted by atomic mass is 35.5. The predicted octanol–water partition coefficient (Wildman–Crippen LogP) is 4.60. The number of aryl methyl sites for hydroxylation is 2. The molecule has 0 radical (unpaired) electrons. The summed E-state index contributed by atoms with van der Waals surface area (Å²) in [5.74, 6) is 0.583. The molecule has 0 spiro atoms. The van der Waals surface area contributed by atoms with Crippen LogP contribution in [0.15, 0.2) is 18.2 Å². The minimum atomic E-state index is -0.466. The van der Waals surface area contributed by atoms with E-state index >= 15 is 0 Å². The minimum Gasteiger partial charge on any atom is -0.455 e. The summed E-state index contributed by atoms with van der Waals surface area (Å²) < 4.78 is 5.50. The third kappa shape index (κ3) is 3.68. The molecule has 4 aliphatic rings. The minimum absolute atomic E-state index is 0.129. The third-order valence-corrected chi connectivity index (χ3v) is 7.61. The first-order chi connectivity index (χ1) is 13.2. The topological polar surface area (TPSA) is 55.4 Å². The van der Waals surface area contributed by atoms with Crippen LogP contribution in [0.2, 0.25) is 0 Å². The summed E-state index contributed by atoms with van der Waals surface area (Å²) in [6.45, 7) is 5.85. The Kier molecular flexibility index (Phi) is 4.97. The molecule has 1 aromatic carbocycles. The van der Waals surface area contributed by atoms with Gasteiger partial charge in [0, 0.05) is 4.87 Å². The van der Waals surface area contributed by atoms with Crippen molar-refractivity contribution in [3.05, 3.63) is 34.9 Å². The number of hydrogen-bond acceptors (Lipinski definition) is 3. The van der Waals surface area contributed by atoms with Gasteiger partial charge in [-0.15, -0.1) is 11.6 Å². The molecule has 5 rings (SSSR count). The van der Waals surface area contributed by atoms with Crippen LogP contribution in [0, 0.1) is 31.1 Å². The van der Waals surface area contributed by atoms with Gasteiger partial charge in [-0.1, -0.05) is 18.2 Å². The molecule has 0 aromatic heterocycles. The smallest absolute Gasteiger partial charge is 0.312 e. The summed E-state index contributed by atoms with van der Waals surface area (Å²) in [5, 5.41) is 2.94. The molecule has 152 valence electrons. The van der Waals surface area contributed by atoms with Crippen molar-refractivity contribution in [3.8, 4) is 0 Å². The van der Waals surface area contributed by atoms with E-state index < -0.39 is 5.41 Å². The number of carbonyl (C=O) groups is 2. The lowest BCUT2D eigenvalue weighted by molar-refractivity contribution is -0.171. The van der Waals surface area contributed by atoms with Crippen molar-refractivity contribution in [2.75, 3.05) is 6.61 Å². The lowest BCUT2D eigenvalue weighted by atomic mass is 9.49. The molecular formula is C23H30ClNO3. The maximum absolute atomic E-state index is 12.9. The second-order valence-electron chi connectivity index (χ2n) is 9.60. The number of rotatable bonds is 5. The number of esters is 1. The van der Waals surface area contributed by atoms with Crippen molar-refractivity contribution in [3.63, 3.8) is 0 Å². The summed E-state index contributed by atoms with van der Waals surface area (Å²) in [4.78, 5) is 25.0. The average Bonchev–Trinajstić information content (AvgIpc) is 2.59. The van der Waals surface area contributed by atoms with E-state index in [1.807, 2.05) is 13.0 Å². The Morgan fingerprint density at radius 2 is 1.86 bits per heavy atom. The molecule has 28 heavy (non-hydrogen) atoms. The molecule has 4 saturated carbocycles. The average molecular weight is 404 g/mol. The Hall–Kier alpha value is -1.55. The number of ether oxygens (including phenoxy) is 1. The summed E-state index contributed by atoms with van der Waals surface area (Å²) in [5.41, 5.74) is 3.00. The highest BCUT2D eigenvalue weighted by molar-refractivity contribution is 6.24. The number of nitrogens with one attached hydrogen (secondary N) is 1. The van der Waals surface area contributed by atoms with Gasteiger partial charge in [-0.25, -0.2) is 0 Å². The molecule has 0 saturated heterocycles. The lowest BCUT2D eigenvalue weighted by Crippen LogP contribution is -2.56. The Morgan fingerprint density at radius 1 is 1.18 bits per heavy atom. The van der Waals surface area contributed by atoms with E-state index in [4.69, 9.17) is 16.3 Å². The first-order valence-corrected chi connectivity index (χ1v) is 10.8. The van der Waals surface area contributed by atoms with Crippen molar-refractivity contribution in [1.82, 2.24) is 5.32 Å². The van der Waals surface area contributed by atoms with E-state index in [1.165, 1.54) is 17.5 Å². The van der Waals surface area contributed by atoms with E-state index in [2.05, 4.69) is 31.3 Å². The Balaban J connectivity index is 1.33. The Bertz CT molecular complexity index is 791. The van der Waals surface area contributed by atoms with E-state index in [-0.39, 0.29) is 29.4 Å². The van der Waals surface area contributed by atoms with Gasteiger partial charge in [0.1, 0.15) is 0 Å². The van der Waals surface area contributed by atoms with Crippen molar-refractivity contribution in [2.45, 2.75) is 70.2 Å². The molecule has 2 unspecified atom stereocenters. The highest BCUT2D eigenvalue weighted by Crippen LogP contribution is 2.64. The van der Waals surface area contributed by atoms with Crippen molar-refractivity contribution >= 4 is 23.5 Å². The molecule has 1 N–H and O–H groups in total. The third-order valence-electron chi connectivity index (χ3n) is 7.17. The zero-order valence-electron chi connectivity index (χ0n) is 17.0. The standard InChI is InChI=1S/C23H30ClNO3/c1-14-4-5-19(6-15(14)2)16(3)25-20(26)12-28-21(27)22-8-17-7-18(9-22)11-23(24,10-17)13-22/h4-6,16-18H,7-13H2,1-3H3,(H,25,26)/t16-,17-,18+,22?,23?/m0/s1. The van der Waals surface area contributed by atoms with Gasteiger partial charge in [0.2, 0.25) is 0 Å². The molecule has 4 aliphatic carbocycles. The fraction of sp³-hybridized carbons (Fsp3) is 0.652. The molecule has 0 heterocycles. The van der Waals surface area contributed by atoms with E-state index in [0.29, 0.717) is 18.3 Å². The zero-order valence-corrected chi connectivity index (χ0v) is 17.8. The first-order valence-electron chi connectivity index (χ1n) is 10.4. The zero-order chi connectivity index (χ0) is 20.1. The van der Waals surface area contributed by atoms with Gasteiger partial charge in [-0.3, -0.25) is 9.59 Å². The molecule has 1 amide bonds. The van der Waals surface area contributed by atoms with Gasteiger partial charge in [-0.05, 0) is 87.8 Å². The van der Waals surface area contributed by atoms with Crippen LogP contribution in [0.25, 0.3) is 0 Å². The molecule has 5 heteroatoms. The number of hydrogen-bond donors (Lipinski definition) is 1. The van der Waals surface area contributed by atoms with Gasteiger partial charge in [0.15, 0.2) is 6.61 Å². The molecular weight excluding hydrogens is 374 g/mol. The van der Waals surface area contributed by atoms with Crippen LogP contribution in [0.3, 0.4) is 0 Å². The van der Waals surface area contributed by atoms with Crippen LogP contribution in [-0.2, 0) is 14.3 Å². The van der Waals surface area contributed by atoms with Gasteiger partial charge in [-0.2, -0.15) is 0 Å². The van der Waals surface area contributed by atoms with Crippen molar-refractivity contribution < 1.29 is 14.3 Å². The number of alkyl halides is 1. The maximum atomic E-state index is 12.9. The molecule has 4 bridgehead atoms. The van der Waals surface area contributed by atoms with Crippen molar-refractivity contribution in [1.29, 1.82) is 0 Å². The first kappa shape index (κ1) is 19.8. The lowest BCUT2D eigenvalue weighted by Gasteiger charge is -2.58. The quantitative estimate of drug-likeness (QED) is 0.577. The Labute approximate surface area is 172 Å². The number of carbonyl (C=O) groups excluding carboxylic acids is 2. The van der Waals surface area contributed by atoms with Crippen molar-refractivity contribution in [2.24, 2.45) is 17.3 Å². The van der Waals surface area contributed by atoms with Crippen LogP contribution >= 0.6 is 11.6 Å². The van der Waals surface area contributed by atoms with Crippen LogP contribution < -0.4 is 5.32 Å². The van der Waals surface area contributed by atoms with Gasteiger partial charge >= 0.3 is 5.97 Å². The molecule has 4 fully saturated rings. The molecule has 1 aromatic rings. The fourth-order valence-electron chi connectivity index (χ4n) is 6.07. The summed E-state index contributed by atoms with van der Waals surface area (Å²) in [7, 11) is 0.